The van der Waals surface area contributed by atoms with Gasteiger partial charge in [0.05, 0.1) is 6.04 Å². The standard InChI is InChI=1S/C12H23N5S/c1-10(13)6-4-5-9-18-12-14-15-16-17(12)11-7-2-3-8-11/h10-11H,2-9,13H2,1H3. The second kappa shape index (κ2) is 7.09. The van der Waals surface area contributed by atoms with Crippen molar-refractivity contribution in [1.82, 2.24) is 20.2 Å². The van der Waals surface area contributed by atoms with Crippen LogP contribution in [0.4, 0.5) is 0 Å². The molecule has 0 amide bonds. The molecule has 0 aliphatic heterocycles. The number of nitrogens with zero attached hydrogens (tertiary/aromatic N) is 4. The van der Waals surface area contributed by atoms with Crippen LogP contribution in [0.1, 0.15) is 57.9 Å². The normalized spacial score (nSPS) is 18.3. The van der Waals surface area contributed by atoms with E-state index in [1.54, 1.807) is 11.8 Å². The zero-order chi connectivity index (χ0) is 12.8. The number of rotatable bonds is 7. The van der Waals surface area contributed by atoms with Crippen molar-refractivity contribution in [3.8, 4) is 0 Å². The zero-order valence-electron chi connectivity index (χ0n) is 11.1. The van der Waals surface area contributed by atoms with Gasteiger partial charge in [-0.2, -0.15) is 0 Å². The molecule has 102 valence electrons. The molecule has 1 aliphatic rings. The lowest BCUT2D eigenvalue weighted by molar-refractivity contribution is 0.423. The highest BCUT2D eigenvalue weighted by Gasteiger charge is 2.21. The van der Waals surface area contributed by atoms with E-state index in [0.717, 1.165) is 17.3 Å². The summed E-state index contributed by atoms with van der Waals surface area (Å²) >= 11 is 1.78. The number of nitrogens with two attached hydrogens (primary N) is 1. The van der Waals surface area contributed by atoms with Gasteiger partial charge in [0.25, 0.3) is 0 Å². The van der Waals surface area contributed by atoms with Crippen molar-refractivity contribution in [2.75, 3.05) is 5.75 Å². The van der Waals surface area contributed by atoms with Gasteiger partial charge in [-0.3, -0.25) is 0 Å². The Hall–Kier alpha value is -0.620. The van der Waals surface area contributed by atoms with E-state index in [4.69, 9.17) is 5.73 Å². The van der Waals surface area contributed by atoms with Crippen molar-refractivity contribution in [1.29, 1.82) is 0 Å². The maximum absolute atomic E-state index is 5.73. The van der Waals surface area contributed by atoms with Gasteiger partial charge in [-0.1, -0.05) is 31.0 Å². The summed E-state index contributed by atoms with van der Waals surface area (Å²) in [6.45, 7) is 2.06. The van der Waals surface area contributed by atoms with Crippen LogP contribution < -0.4 is 5.73 Å². The van der Waals surface area contributed by atoms with Crippen molar-refractivity contribution < 1.29 is 0 Å². The lowest BCUT2D eigenvalue weighted by atomic mass is 10.2. The summed E-state index contributed by atoms with van der Waals surface area (Å²) in [6.07, 6.45) is 8.55. The number of tetrazole rings is 1. The van der Waals surface area contributed by atoms with E-state index in [2.05, 4.69) is 22.4 Å². The summed E-state index contributed by atoms with van der Waals surface area (Å²) in [5, 5.41) is 13.1. The lowest BCUT2D eigenvalue weighted by Crippen LogP contribution is -2.14. The van der Waals surface area contributed by atoms with E-state index in [1.807, 2.05) is 4.68 Å². The number of hydrogen-bond acceptors (Lipinski definition) is 5. The molecule has 1 unspecified atom stereocenters. The van der Waals surface area contributed by atoms with Crippen LogP contribution in [0.3, 0.4) is 0 Å². The Kier molecular flexibility index (Phi) is 5.44. The van der Waals surface area contributed by atoms with Crippen LogP contribution in [-0.2, 0) is 0 Å². The number of aromatic nitrogens is 4. The molecule has 6 heteroatoms. The van der Waals surface area contributed by atoms with Crippen LogP contribution in [0, 0.1) is 0 Å². The Morgan fingerprint density at radius 2 is 2.17 bits per heavy atom. The Bertz CT molecular complexity index is 346. The van der Waals surface area contributed by atoms with Gasteiger partial charge in [-0.05, 0) is 43.0 Å². The molecule has 0 aromatic carbocycles. The smallest absolute Gasteiger partial charge is 0.209 e. The SMILES string of the molecule is CC(N)CCCCSc1nnnn1C1CCCC1. The van der Waals surface area contributed by atoms with Crippen molar-refractivity contribution in [2.45, 2.75) is 69.1 Å². The molecule has 0 spiro atoms. The Labute approximate surface area is 113 Å². The van der Waals surface area contributed by atoms with Crippen molar-refractivity contribution in [3.05, 3.63) is 0 Å². The number of unbranched alkanes of at least 4 members (excludes halogenated alkanes) is 1. The van der Waals surface area contributed by atoms with E-state index in [9.17, 15) is 0 Å². The third-order valence-corrected chi connectivity index (χ3v) is 4.44. The maximum atomic E-state index is 5.73. The summed E-state index contributed by atoms with van der Waals surface area (Å²) in [5.41, 5.74) is 5.73. The fraction of sp³-hybridized carbons (Fsp3) is 0.917. The Balaban J connectivity index is 1.74. The molecular weight excluding hydrogens is 246 g/mol. The minimum Gasteiger partial charge on any atom is -0.328 e. The Morgan fingerprint density at radius 3 is 2.89 bits per heavy atom. The highest BCUT2D eigenvalue weighted by Crippen LogP contribution is 2.31. The third kappa shape index (κ3) is 3.95. The molecule has 2 rings (SSSR count). The molecule has 18 heavy (non-hydrogen) atoms. The first-order valence-corrected chi connectivity index (χ1v) is 7.92. The van der Waals surface area contributed by atoms with Gasteiger partial charge in [0.2, 0.25) is 5.16 Å². The van der Waals surface area contributed by atoms with E-state index in [1.165, 1.54) is 38.5 Å². The fourth-order valence-electron chi connectivity index (χ4n) is 2.39. The summed E-state index contributed by atoms with van der Waals surface area (Å²) in [5.74, 6) is 1.08. The molecule has 5 nitrogen and oxygen atoms in total. The van der Waals surface area contributed by atoms with Crippen LogP contribution in [0.5, 0.6) is 0 Å². The molecule has 2 N–H and O–H groups in total. The number of hydrogen-bond donors (Lipinski definition) is 1. The van der Waals surface area contributed by atoms with Gasteiger partial charge in [-0.25, -0.2) is 4.68 Å². The first kappa shape index (κ1) is 13.8. The number of thioether (sulfide) groups is 1. The average molecular weight is 269 g/mol. The van der Waals surface area contributed by atoms with Crippen LogP contribution >= 0.6 is 11.8 Å². The van der Waals surface area contributed by atoms with Gasteiger partial charge >= 0.3 is 0 Å². The first-order chi connectivity index (χ1) is 8.77. The van der Waals surface area contributed by atoms with Crippen molar-refractivity contribution in [2.24, 2.45) is 5.73 Å². The molecule has 0 radical (unpaired) electrons. The van der Waals surface area contributed by atoms with Crippen LogP contribution in [0.25, 0.3) is 0 Å². The zero-order valence-corrected chi connectivity index (χ0v) is 11.9. The monoisotopic (exact) mass is 269 g/mol. The topological polar surface area (TPSA) is 69.6 Å². The van der Waals surface area contributed by atoms with Gasteiger partial charge in [0.15, 0.2) is 0 Å². The quantitative estimate of drug-likeness (QED) is 0.608. The van der Waals surface area contributed by atoms with Crippen LogP contribution in [0.15, 0.2) is 5.16 Å². The molecule has 1 aliphatic carbocycles. The molecule has 1 atom stereocenters. The van der Waals surface area contributed by atoms with E-state index in [-0.39, 0.29) is 0 Å². The molecular formula is C12H23N5S. The molecule has 1 heterocycles. The first-order valence-electron chi connectivity index (χ1n) is 6.93. The highest BCUT2D eigenvalue weighted by atomic mass is 32.2. The van der Waals surface area contributed by atoms with Gasteiger partial charge in [-0.15, -0.1) is 5.10 Å². The maximum Gasteiger partial charge on any atom is 0.209 e. The molecule has 0 bridgehead atoms. The van der Waals surface area contributed by atoms with Crippen molar-refractivity contribution in [3.63, 3.8) is 0 Å². The van der Waals surface area contributed by atoms with E-state index < -0.39 is 0 Å². The second-order valence-electron chi connectivity index (χ2n) is 5.17. The van der Waals surface area contributed by atoms with E-state index in [0.29, 0.717) is 12.1 Å². The fourth-order valence-corrected chi connectivity index (χ4v) is 3.33. The molecule has 1 aromatic rings. The van der Waals surface area contributed by atoms with Crippen LogP contribution in [0.2, 0.25) is 0 Å². The summed E-state index contributed by atoms with van der Waals surface area (Å²) in [7, 11) is 0. The third-order valence-electron chi connectivity index (χ3n) is 3.42. The van der Waals surface area contributed by atoms with Crippen molar-refractivity contribution >= 4 is 11.8 Å². The van der Waals surface area contributed by atoms with Gasteiger partial charge < -0.3 is 5.73 Å². The predicted molar refractivity (Wildman–Crippen MR) is 73.5 cm³/mol. The molecule has 1 fully saturated rings. The summed E-state index contributed by atoms with van der Waals surface area (Å²) < 4.78 is 2.03. The van der Waals surface area contributed by atoms with Gasteiger partial charge in [0, 0.05) is 11.8 Å². The minimum absolute atomic E-state index is 0.318. The summed E-state index contributed by atoms with van der Waals surface area (Å²) in [6, 6.07) is 0.852. The Morgan fingerprint density at radius 1 is 1.39 bits per heavy atom. The lowest BCUT2D eigenvalue weighted by Gasteiger charge is -2.10. The van der Waals surface area contributed by atoms with E-state index >= 15 is 0 Å². The van der Waals surface area contributed by atoms with Gasteiger partial charge in [0.1, 0.15) is 0 Å². The summed E-state index contributed by atoms with van der Waals surface area (Å²) in [4.78, 5) is 0. The molecule has 1 saturated carbocycles. The molecule has 0 saturated heterocycles. The average Bonchev–Trinajstić information content (AvgIpc) is 2.97. The second-order valence-corrected chi connectivity index (χ2v) is 6.23. The predicted octanol–water partition coefficient (Wildman–Crippen LogP) is 2.40. The minimum atomic E-state index is 0.318. The largest absolute Gasteiger partial charge is 0.328 e. The molecule has 1 aromatic heterocycles. The highest BCUT2D eigenvalue weighted by molar-refractivity contribution is 7.99. The van der Waals surface area contributed by atoms with Crippen LogP contribution in [-0.4, -0.2) is 32.0 Å².